The standard InChI is InChI=1S/C16H30N2O/c1-6-7-8-9-10-17-18-15(2,3)11-14(13-19)12-16(18,4)5/h8-9,13-14,17H,6-7,10-12H2,1-5H3. The van der Waals surface area contributed by atoms with Crippen LogP contribution in [0.2, 0.25) is 0 Å². The van der Waals surface area contributed by atoms with Gasteiger partial charge >= 0.3 is 0 Å². The summed E-state index contributed by atoms with van der Waals surface area (Å²) in [6.07, 6.45) is 9.73. The molecule has 1 rings (SSSR count). The van der Waals surface area contributed by atoms with E-state index in [1.54, 1.807) is 0 Å². The number of unbranched alkanes of at least 4 members (excludes halogenated alkanes) is 1. The Labute approximate surface area is 118 Å². The number of carbonyl (C=O) groups excluding carboxylic acids is 1. The second-order valence-electron chi connectivity index (χ2n) is 6.89. The van der Waals surface area contributed by atoms with Crippen molar-refractivity contribution in [2.75, 3.05) is 6.54 Å². The summed E-state index contributed by atoms with van der Waals surface area (Å²) in [5.41, 5.74) is 3.55. The van der Waals surface area contributed by atoms with E-state index in [0.29, 0.717) is 0 Å². The summed E-state index contributed by atoms with van der Waals surface area (Å²) < 4.78 is 0. The van der Waals surface area contributed by atoms with Gasteiger partial charge in [0.25, 0.3) is 0 Å². The Balaban J connectivity index is 2.66. The van der Waals surface area contributed by atoms with E-state index in [2.05, 4.69) is 57.2 Å². The van der Waals surface area contributed by atoms with E-state index >= 15 is 0 Å². The molecule has 3 nitrogen and oxygen atoms in total. The number of nitrogens with one attached hydrogen (secondary N) is 1. The van der Waals surface area contributed by atoms with Gasteiger partial charge in [0.05, 0.1) is 0 Å². The van der Waals surface area contributed by atoms with Crippen LogP contribution in [0, 0.1) is 5.92 Å². The monoisotopic (exact) mass is 266 g/mol. The minimum atomic E-state index is 0.00588. The number of hydrazine groups is 1. The second-order valence-corrected chi connectivity index (χ2v) is 6.89. The van der Waals surface area contributed by atoms with Gasteiger partial charge in [-0.15, -0.1) is 0 Å². The summed E-state index contributed by atoms with van der Waals surface area (Å²) in [6.45, 7) is 11.9. The van der Waals surface area contributed by atoms with Crippen molar-refractivity contribution in [2.45, 2.75) is 71.4 Å². The number of rotatable bonds is 6. The molecule has 1 saturated heterocycles. The molecule has 0 saturated carbocycles. The van der Waals surface area contributed by atoms with Gasteiger partial charge in [0.1, 0.15) is 6.29 Å². The molecule has 1 aliphatic heterocycles. The minimum absolute atomic E-state index is 0.00588. The molecule has 1 N–H and O–H groups in total. The molecule has 0 aromatic rings. The molecule has 1 heterocycles. The molecule has 1 fully saturated rings. The van der Waals surface area contributed by atoms with E-state index in [0.717, 1.165) is 32.1 Å². The molecule has 3 heteroatoms. The molecule has 0 aromatic heterocycles. The van der Waals surface area contributed by atoms with Crippen molar-refractivity contribution in [2.24, 2.45) is 5.92 Å². The zero-order valence-electron chi connectivity index (χ0n) is 13.2. The highest BCUT2D eigenvalue weighted by Gasteiger charge is 2.45. The van der Waals surface area contributed by atoms with Gasteiger partial charge in [-0.1, -0.05) is 25.5 Å². The molecule has 110 valence electrons. The largest absolute Gasteiger partial charge is 0.303 e. The predicted molar refractivity (Wildman–Crippen MR) is 80.8 cm³/mol. The number of aldehydes is 1. The van der Waals surface area contributed by atoms with Crippen molar-refractivity contribution < 1.29 is 4.79 Å². The fourth-order valence-electron chi connectivity index (χ4n) is 3.39. The van der Waals surface area contributed by atoms with E-state index in [1.165, 1.54) is 6.42 Å². The number of piperidine rings is 1. The third-order valence-electron chi connectivity index (χ3n) is 3.92. The first-order valence-corrected chi connectivity index (χ1v) is 7.47. The summed E-state index contributed by atoms with van der Waals surface area (Å²) in [6, 6.07) is 0. The number of nitrogens with zero attached hydrogens (tertiary/aromatic N) is 1. The van der Waals surface area contributed by atoms with E-state index in [4.69, 9.17) is 0 Å². The van der Waals surface area contributed by atoms with Crippen molar-refractivity contribution in [3.63, 3.8) is 0 Å². The molecule has 0 aromatic carbocycles. The minimum Gasteiger partial charge on any atom is -0.303 e. The van der Waals surface area contributed by atoms with Crippen LogP contribution in [-0.4, -0.2) is 28.9 Å². The van der Waals surface area contributed by atoms with Crippen molar-refractivity contribution in [1.82, 2.24) is 10.4 Å². The topological polar surface area (TPSA) is 32.3 Å². The average Bonchev–Trinajstić information content (AvgIpc) is 2.30. The molecular weight excluding hydrogens is 236 g/mol. The molecule has 19 heavy (non-hydrogen) atoms. The first kappa shape index (κ1) is 16.4. The zero-order valence-corrected chi connectivity index (χ0v) is 13.2. The van der Waals surface area contributed by atoms with E-state index in [1.807, 2.05) is 0 Å². The lowest BCUT2D eigenvalue weighted by molar-refractivity contribution is -0.124. The molecule has 0 spiro atoms. The first-order chi connectivity index (χ1) is 8.83. The lowest BCUT2D eigenvalue weighted by Crippen LogP contribution is -2.66. The van der Waals surface area contributed by atoms with Gasteiger partial charge in [-0.2, -0.15) is 0 Å². The Morgan fingerprint density at radius 1 is 1.16 bits per heavy atom. The van der Waals surface area contributed by atoms with Crippen LogP contribution in [0.3, 0.4) is 0 Å². The highest BCUT2D eigenvalue weighted by Crippen LogP contribution is 2.39. The summed E-state index contributed by atoms with van der Waals surface area (Å²) in [7, 11) is 0. The molecule has 0 radical (unpaired) electrons. The SMILES string of the molecule is CCCC=CCNN1C(C)(C)CC(C=O)CC1(C)C. The number of hydrogen-bond acceptors (Lipinski definition) is 3. The third-order valence-corrected chi connectivity index (χ3v) is 3.92. The van der Waals surface area contributed by atoms with Crippen molar-refractivity contribution >= 4 is 6.29 Å². The predicted octanol–water partition coefficient (Wildman–Crippen LogP) is 3.32. The van der Waals surface area contributed by atoms with Gasteiger partial charge < -0.3 is 4.79 Å². The fraction of sp³-hybridized carbons (Fsp3) is 0.812. The summed E-state index contributed by atoms with van der Waals surface area (Å²) >= 11 is 0. The van der Waals surface area contributed by atoms with Crippen molar-refractivity contribution in [1.29, 1.82) is 0 Å². The highest BCUT2D eigenvalue weighted by molar-refractivity contribution is 5.54. The second kappa shape index (κ2) is 6.67. The Kier molecular flexibility index (Phi) is 5.75. The normalized spacial score (nSPS) is 23.8. The van der Waals surface area contributed by atoms with Crippen LogP contribution in [0.1, 0.15) is 60.3 Å². The molecular formula is C16H30N2O. The fourth-order valence-corrected chi connectivity index (χ4v) is 3.39. The van der Waals surface area contributed by atoms with E-state index in [9.17, 15) is 4.79 Å². The van der Waals surface area contributed by atoms with Gasteiger partial charge in [-0.05, 0) is 47.0 Å². The van der Waals surface area contributed by atoms with E-state index < -0.39 is 0 Å². The zero-order chi connectivity index (χ0) is 14.5. The molecule has 0 amide bonds. The van der Waals surface area contributed by atoms with Crippen molar-refractivity contribution in [3.05, 3.63) is 12.2 Å². The maximum atomic E-state index is 11.1. The number of allylic oxidation sites excluding steroid dienone is 1. The molecule has 0 bridgehead atoms. The molecule has 0 unspecified atom stereocenters. The van der Waals surface area contributed by atoms with Crippen LogP contribution in [0.15, 0.2) is 12.2 Å². The third kappa shape index (κ3) is 4.43. The van der Waals surface area contributed by atoms with Gasteiger partial charge in [0.2, 0.25) is 0 Å². The number of carbonyl (C=O) groups is 1. The lowest BCUT2D eigenvalue weighted by Gasteiger charge is -2.54. The van der Waals surface area contributed by atoms with Gasteiger partial charge in [-0.25, -0.2) is 5.01 Å². The lowest BCUT2D eigenvalue weighted by atomic mass is 9.75. The highest BCUT2D eigenvalue weighted by atomic mass is 16.1. The van der Waals surface area contributed by atoms with Crippen LogP contribution in [-0.2, 0) is 4.79 Å². The van der Waals surface area contributed by atoms with E-state index in [-0.39, 0.29) is 17.0 Å². The van der Waals surface area contributed by atoms with Crippen LogP contribution in [0.4, 0.5) is 0 Å². The van der Waals surface area contributed by atoms with Crippen LogP contribution in [0.25, 0.3) is 0 Å². The smallest absolute Gasteiger partial charge is 0.123 e. The number of hydrogen-bond donors (Lipinski definition) is 1. The molecule has 0 atom stereocenters. The van der Waals surface area contributed by atoms with Crippen molar-refractivity contribution in [3.8, 4) is 0 Å². The Morgan fingerprint density at radius 3 is 2.21 bits per heavy atom. The first-order valence-electron chi connectivity index (χ1n) is 7.47. The average molecular weight is 266 g/mol. The maximum Gasteiger partial charge on any atom is 0.123 e. The Bertz CT molecular complexity index is 303. The summed E-state index contributed by atoms with van der Waals surface area (Å²) in [5, 5.41) is 2.34. The van der Waals surface area contributed by atoms with Gasteiger partial charge in [0.15, 0.2) is 0 Å². The maximum absolute atomic E-state index is 11.1. The quantitative estimate of drug-likeness (QED) is 0.591. The molecule has 0 aliphatic carbocycles. The van der Waals surface area contributed by atoms with Crippen LogP contribution < -0.4 is 5.43 Å². The van der Waals surface area contributed by atoms with Crippen LogP contribution in [0.5, 0.6) is 0 Å². The summed E-state index contributed by atoms with van der Waals surface area (Å²) in [5.74, 6) is 0.179. The molecule has 1 aliphatic rings. The Hall–Kier alpha value is -0.670. The van der Waals surface area contributed by atoms with Crippen LogP contribution >= 0.6 is 0 Å². The summed E-state index contributed by atoms with van der Waals surface area (Å²) in [4.78, 5) is 11.1. The Morgan fingerprint density at radius 2 is 1.74 bits per heavy atom. The van der Waals surface area contributed by atoms with Gasteiger partial charge in [0, 0.05) is 23.5 Å². The van der Waals surface area contributed by atoms with Gasteiger partial charge in [-0.3, -0.25) is 5.43 Å².